The Bertz CT molecular complexity index is 1070. The highest BCUT2D eigenvalue weighted by Gasteiger charge is 2.16. The van der Waals surface area contributed by atoms with Crippen molar-refractivity contribution in [3.63, 3.8) is 0 Å². The molecule has 0 saturated carbocycles. The van der Waals surface area contributed by atoms with Crippen LogP contribution in [0.3, 0.4) is 0 Å². The van der Waals surface area contributed by atoms with Gasteiger partial charge in [0.25, 0.3) is 5.91 Å². The molecular formula is C26H28N4O2. The zero-order valence-corrected chi connectivity index (χ0v) is 17.9. The number of hydrogen-bond donors (Lipinski definition) is 4. The SMILES string of the molecule is N=C(c1ccc(OC2CCNCC2)cc1)c1cc(C(=O)NCc2ccccc2)ccc1N. The van der Waals surface area contributed by atoms with E-state index in [1.165, 1.54) is 0 Å². The number of nitrogens with one attached hydrogen (secondary N) is 3. The van der Waals surface area contributed by atoms with Crippen molar-refractivity contribution < 1.29 is 9.53 Å². The average molecular weight is 429 g/mol. The number of piperidine rings is 1. The lowest BCUT2D eigenvalue weighted by atomic mass is 9.98. The number of rotatable bonds is 7. The van der Waals surface area contributed by atoms with E-state index in [0.29, 0.717) is 23.4 Å². The molecule has 6 nitrogen and oxygen atoms in total. The molecule has 0 atom stereocenters. The Balaban J connectivity index is 1.44. The molecule has 5 N–H and O–H groups in total. The van der Waals surface area contributed by atoms with Crippen molar-refractivity contribution in [1.29, 1.82) is 5.41 Å². The molecule has 1 aliphatic rings. The molecular weight excluding hydrogens is 400 g/mol. The number of carbonyl (C=O) groups is 1. The number of benzene rings is 3. The Hall–Kier alpha value is -3.64. The normalized spacial score (nSPS) is 14.0. The van der Waals surface area contributed by atoms with Gasteiger partial charge in [-0.3, -0.25) is 10.2 Å². The molecule has 1 amide bonds. The van der Waals surface area contributed by atoms with Crippen molar-refractivity contribution in [3.05, 3.63) is 95.1 Å². The van der Waals surface area contributed by atoms with E-state index in [1.807, 2.05) is 54.6 Å². The van der Waals surface area contributed by atoms with Gasteiger partial charge in [0.1, 0.15) is 11.9 Å². The Morgan fingerprint density at radius 1 is 1.00 bits per heavy atom. The summed E-state index contributed by atoms with van der Waals surface area (Å²) in [5, 5.41) is 14.9. The summed E-state index contributed by atoms with van der Waals surface area (Å²) < 4.78 is 6.05. The van der Waals surface area contributed by atoms with E-state index >= 15 is 0 Å². The summed E-state index contributed by atoms with van der Waals surface area (Å²) >= 11 is 0. The van der Waals surface area contributed by atoms with Crippen molar-refractivity contribution in [3.8, 4) is 5.75 Å². The van der Waals surface area contributed by atoms with Gasteiger partial charge in [-0.15, -0.1) is 0 Å². The molecule has 32 heavy (non-hydrogen) atoms. The highest BCUT2D eigenvalue weighted by atomic mass is 16.5. The van der Waals surface area contributed by atoms with Gasteiger partial charge in [-0.25, -0.2) is 0 Å². The van der Waals surface area contributed by atoms with Crippen LogP contribution in [0.1, 0.15) is 39.9 Å². The number of ether oxygens (including phenoxy) is 1. The highest BCUT2D eigenvalue weighted by Crippen LogP contribution is 2.22. The lowest BCUT2D eigenvalue weighted by Gasteiger charge is -2.23. The first-order valence-corrected chi connectivity index (χ1v) is 10.9. The zero-order chi connectivity index (χ0) is 22.3. The number of carbonyl (C=O) groups excluding carboxylic acids is 1. The minimum absolute atomic E-state index is 0.200. The first-order chi connectivity index (χ1) is 15.6. The summed E-state index contributed by atoms with van der Waals surface area (Å²) in [5.74, 6) is 0.601. The maximum absolute atomic E-state index is 12.6. The minimum Gasteiger partial charge on any atom is -0.490 e. The first kappa shape index (κ1) is 21.6. The highest BCUT2D eigenvalue weighted by molar-refractivity contribution is 6.14. The molecule has 0 unspecified atom stereocenters. The maximum Gasteiger partial charge on any atom is 0.251 e. The van der Waals surface area contributed by atoms with Crippen LogP contribution in [0.2, 0.25) is 0 Å². The quantitative estimate of drug-likeness (QED) is 0.340. The summed E-state index contributed by atoms with van der Waals surface area (Å²) in [6.45, 7) is 2.39. The molecule has 0 aromatic heterocycles. The Kier molecular flexibility index (Phi) is 6.82. The summed E-state index contributed by atoms with van der Waals surface area (Å²) in [6, 6.07) is 22.3. The van der Waals surface area contributed by atoms with Gasteiger partial charge >= 0.3 is 0 Å². The molecule has 1 fully saturated rings. The molecule has 3 aromatic rings. The van der Waals surface area contributed by atoms with Crippen LogP contribution in [0.4, 0.5) is 5.69 Å². The van der Waals surface area contributed by atoms with Crippen LogP contribution in [0.25, 0.3) is 0 Å². The number of nitrogen functional groups attached to an aromatic ring is 1. The van der Waals surface area contributed by atoms with E-state index in [2.05, 4.69) is 10.6 Å². The zero-order valence-electron chi connectivity index (χ0n) is 17.9. The van der Waals surface area contributed by atoms with Gasteiger partial charge in [0.05, 0.1) is 5.71 Å². The molecule has 1 heterocycles. The van der Waals surface area contributed by atoms with Gasteiger partial charge in [0.2, 0.25) is 0 Å². The Labute approximate surface area is 188 Å². The minimum atomic E-state index is -0.200. The predicted octanol–water partition coefficient (Wildman–Crippen LogP) is 3.75. The molecule has 1 saturated heterocycles. The number of anilines is 1. The van der Waals surface area contributed by atoms with Crippen LogP contribution >= 0.6 is 0 Å². The maximum atomic E-state index is 12.6. The molecule has 4 rings (SSSR count). The van der Waals surface area contributed by atoms with Crippen molar-refractivity contribution in [2.45, 2.75) is 25.5 Å². The Morgan fingerprint density at radius 2 is 1.69 bits per heavy atom. The van der Waals surface area contributed by atoms with Crippen LogP contribution in [0.5, 0.6) is 5.75 Å². The van der Waals surface area contributed by atoms with Gasteiger partial charge in [0, 0.05) is 28.9 Å². The standard InChI is InChI=1S/C26H28N4O2/c27-24-11-8-20(26(31)30-17-18-4-2-1-3-5-18)16-23(24)25(28)19-6-9-21(10-7-19)32-22-12-14-29-15-13-22/h1-11,16,22,28-29H,12-15,17,27H2,(H,30,31). The predicted molar refractivity (Wildman–Crippen MR) is 127 cm³/mol. The third-order valence-electron chi connectivity index (χ3n) is 5.61. The summed E-state index contributed by atoms with van der Waals surface area (Å²) in [5.41, 5.74) is 9.63. The van der Waals surface area contributed by atoms with Crippen LogP contribution in [0, 0.1) is 5.41 Å². The van der Waals surface area contributed by atoms with Gasteiger partial charge in [-0.1, -0.05) is 30.3 Å². The van der Waals surface area contributed by atoms with E-state index in [0.717, 1.165) is 42.8 Å². The lowest BCUT2D eigenvalue weighted by molar-refractivity contribution is 0.0951. The summed E-state index contributed by atoms with van der Waals surface area (Å²) in [4.78, 5) is 12.6. The van der Waals surface area contributed by atoms with E-state index in [9.17, 15) is 4.79 Å². The fourth-order valence-electron chi connectivity index (χ4n) is 3.76. The van der Waals surface area contributed by atoms with Crippen LogP contribution < -0.4 is 21.1 Å². The molecule has 3 aromatic carbocycles. The molecule has 0 radical (unpaired) electrons. The van der Waals surface area contributed by atoms with Gasteiger partial charge < -0.3 is 21.1 Å². The summed E-state index contributed by atoms with van der Waals surface area (Å²) in [7, 11) is 0. The van der Waals surface area contributed by atoms with Crippen LogP contribution in [-0.4, -0.2) is 30.8 Å². The molecule has 1 aliphatic heterocycles. The topological polar surface area (TPSA) is 100 Å². The molecule has 0 aliphatic carbocycles. The van der Waals surface area contributed by atoms with Gasteiger partial charge in [-0.2, -0.15) is 0 Å². The summed E-state index contributed by atoms with van der Waals surface area (Å²) in [6.07, 6.45) is 2.21. The fraction of sp³-hybridized carbons (Fsp3) is 0.231. The number of hydrogen-bond acceptors (Lipinski definition) is 5. The molecule has 164 valence electrons. The largest absolute Gasteiger partial charge is 0.490 e. The number of nitrogens with two attached hydrogens (primary N) is 1. The second-order valence-electron chi connectivity index (χ2n) is 7.94. The molecule has 0 bridgehead atoms. The fourth-order valence-corrected chi connectivity index (χ4v) is 3.76. The van der Waals surface area contributed by atoms with E-state index in [4.69, 9.17) is 15.9 Å². The first-order valence-electron chi connectivity index (χ1n) is 10.9. The smallest absolute Gasteiger partial charge is 0.251 e. The second-order valence-corrected chi connectivity index (χ2v) is 7.94. The number of amides is 1. The van der Waals surface area contributed by atoms with Crippen molar-refractivity contribution in [2.75, 3.05) is 18.8 Å². The van der Waals surface area contributed by atoms with Crippen LogP contribution in [0.15, 0.2) is 72.8 Å². The van der Waals surface area contributed by atoms with Crippen molar-refractivity contribution >= 4 is 17.3 Å². The third-order valence-corrected chi connectivity index (χ3v) is 5.61. The van der Waals surface area contributed by atoms with Gasteiger partial charge in [-0.05, 0) is 74.0 Å². The monoisotopic (exact) mass is 428 g/mol. The van der Waals surface area contributed by atoms with Crippen molar-refractivity contribution in [1.82, 2.24) is 10.6 Å². The van der Waals surface area contributed by atoms with Gasteiger partial charge in [0.15, 0.2) is 0 Å². The Morgan fingerprint density at radius 3 is 2.41 bits per heavy atom. The van der Waals surface area contributed by atoms with Crippen molar-refractivity contribution in [2.24, 2.45) is 0 Å². The van der Waals surface area contributed by atoms with E-state index in [-0.39, 0.29) is 17.7 Å². The average Bonchev–Trinajstić information content (AvgIpc) is 2.84. The lowest BCUT2D eigenvalue weighted by Crippen LogP contribution is -2.34. The molecule has 6 heteroatoms. The van der Waals surface area contributed by atoms with E-state index < -0.39 is 0 Å². The van der Waals surface area contributed by atoms with E-state index in [1.54, 1.807) is 18.2 Å². The third kappa shape index (κ3) is 5.34. The molecule has 0 spiro atoms. The van der Waals surface area contributed by atoms with Crippen LogP contribution in [-0.2, 0) is 6.54 Å². The second kappa shape index (κ2) is 10.1.